The van der Waals surface area contributed by atoms with Gasteiger partial charge in [0.05, 0.1) is 7.11 Å². The lowest BCUT2D eigenvalue weighted by Gasteiger charge is -2.27. The van der Waals surface area contributed by atoms with Crippen LogP contribution in [0.4, 0.5) is 0 Å². The molecular formula is C17H27N3O2. The predicted octanol–water partition coefficient (Wildman–Crippen LogP) is 1.21. The molecule has 1 aliphatic heterocycles. The number of rotatable bonds is 7. The molecule has 1 amide bonds. The minimum Gasteiger partial charge on any atom is -0.497 e. The molecule has 1 unspecified atom stereocenters. The van der Waals surface area contributed by atoms with Gasteiger partial charge in [0.15, 0.2) is 0 Å². The molecule has 1 heterocycles. The van der Waals surface area contributed by atoms with Gasteiger partial charge < -0.3 is 15.4 Å². The SMILES string of the molecule is COc1cccc(C(C)CC(=O)NCCN2CCNCC2)c1. The molecule has 0 spiro atoms. The number of piperazine rings is 1. The van der Waals surface area contributed by atoms with Crippen LogP contribution in [0.15, 0.2) is 24.3 Å². The summed E-state index contributed by atoms with van der Waals surface area (Å²) in [7, 11) is 1.66. The van der Waals surface area contributed by atoms with Gasteiger partial charge in [0.25, 0.3) is 0 Å². The zero-order valence-electron chi connectivity index (χ0n) is 13.6. The fourth-order valence-electron chi connectivity index (χ4n) is 2.70. The first kappa shape index (κ1) is 16.8. The van der Waals surface area contributed by atoms with E-state index in [2.05, 4.69) is 22.5 Å². The predicted molar refractivity (Wildman–Crippen MR) is 88.3 cm³/mol. The Balaban J connectivity index is 1.71. The monoisotopic (exact) mass is 305 g/mol. The van der Waals surface area contributed by atoms with Crippen LogP contribution in [0.5, 0.6) is 5.75 Å². The van der Waals surface area contributed by atoms with Gasteiger partial charge in [-0.1, -0.05) is 19.1 Å². The Kier molecular flexibility index (Phi) is 6.68. The summed E-state index contributed by atoms with van der Waals surface area (Å²) < 4.78 is 5.23. The molecule has 1 atom stereocenters. The smallest absolute Gasteiger partial charge is 0.220 e. The summed E-state index contributed by atoms with van der Waals surface area (Å²) >= 11 is 0. The van der Waals surface area contributed by atoms with Crippen LogP contribution in [0.2, 0.25) is 0 Å². The van der Waals surface area contributed by atoms with E-state index in [1.54, 1.807) is 7.11 Å². The summed E-state index contributed by atoms with van der Waals surface area (Å²) in [5.41, 5.74) is 1.14. The molecule has 22 heavy (non-hydrogen) atoms. The van der Waals surface area contributed by atoms with Gasteiger partial charge in [-0.2, -0.15) is 0 Å². The lowest BCUT2D eigenvalue weighted by molar-refractivity contribution is -0.121. The maximum absolute atomic E-state index is 12.0. The zero-order chi connectivity index (χ0) is 15.8. The maximum Gasteiger partial charge on any atom is 0.220 e. The van der Waals surface area contributed by atoms with E-state index in [9.17, 15) is 4.79 Å². The van der Waals surface area contributed by atoms with Crippen molar-refractivity contribution in [3.05, 3.63) is 29.8 Å². The Bertz CT molecular complexity index is 473. The van der Waals surface area contributed by atoms with E-state index in [1.165, 1.54) is 0 Å². The molecule has 5 heteroatoms. The minimum absolute atomic E-state index is 0.116. The number of hydrogen-bond donors (Lipinski definition) is 2. The highest BCUT2D eigenvalue weighted by molar-refractivity contribution is 5.76. The molecule has 0 saturated carbocycles. The average molecular weight is 305 g/mol. The summed E-state index contributed by atoms with van der Waals surface area (Å²) in [6.07, 6.45) is 0.509. The second kappa shape index (κ2) is 8.76. The second-order valence-corrected chi connectivity index (χ2v) is 5.82. The van der Waals surface area contributed by atoms with E-state index >= 15 is 0 Å². The van der Waals surface area contributed by atoms with Crippen molar-refractivity contribution >= 4 is 5.91 Å². The molecule has 0 radical (unpaired) electrons. The van der Waals surface area contributed by atoms with Gasteiger partial charge in [-0.05, 0) is 23.6 Å². The number of amides is 1. The fourth-order valence-corrected chi connectivity index (χ4v) is 2.70. The molecule has 0 bridgehead atoms. The summed E-state index contributed by atoms with van der Waals surface area (Å²) in [5.74, 6) is 1.14. The molecule has 0 aromatic heterocycles. The van der Waals surface area contributed by atoms with Gasteiger partial charge in [0.1, 0.15) is 5.75 Å². The third-order valence-corrected chi connectivity index (χ3v) is 4.11. The van der Waals surface area contributed by atoms with Crippen molar-refractivity contribution in [1.29, 1.82) is 0 Å². The molecule has 2 rings (SSSR count). The Hall–Kier alpha value is -1.59. The van der Waals surface area contributed by atoms with Crippen LogP contribution in [0, 0.1) is 0 Å². The van der Waals surface area contributed by atoms with Crippen LogP contribution < -0.4 is 15.4 Å². The van der Waals surface area contributed by atoms with E-state index in [1.807, 2.05) is 24.3 Å². The van der Waals surface area contributed by atoms with Crippen molar-refractivity contribution in [3.8, 4) is 5.75 Å². The Morgan fingerprint density at radius 1 is 1.41 bits per heavy atom. The first-order valence-electron chi connectivity index (χ1n) is 8.03. The van der Waals surface area contributed by atoms with Gasteiger partial charge in [-0.15, -0.1) is 0 Å². The Labute approximate surface area is 133 Å². The van der Waals surface area contributed by atoms with E-state index in [4.69, 9.17) is 4.74 Å². The highest BCUT2D eigenvalue weighted by atomic mass is 16.5. The number of nitrogens with zero attached hydrogens (tertiary/aromatic N) is 1. The second-order valence-electron chi connectivity index (χ2n) is 5.82. The van der Waals surface area contributed by atoms with Crippen molar-refractivity contribution in [1.82, 2.24) is 15.5 Å². The van der Waals surface area contributed by atoms with Gasteiger partial charge in [0.2, 0.25) is 5.91 Å². The van der Waals surface area contributed by atoms with Gasteiger partial charge in [-0.3, -0.25) is 9.69 Å². The standard InChI is InChI=1S/C17H27N3O2/c1-14(15-4-3-5-16(13-15)22-2)12-17(21)19-8-11-20-9-6-18-7-10-20/h3-5,13-14,18H,6-12H2,1-2H3,(H,19,21). The third kappa shape index (κ3) is 5.31. The number of carbonyl (C=O) groups excluding carboxylic acids is 1. The lowest BCUT2D eigenvalue weighted by Crippen LogP contribution is -2.46. The van der Waals surface area contributed by atoms with Crippen molar-refractivity contribution in [2.45, 2.75) is 19.3 Å². The van der Waals surface area contributed by atoms with Crippen molar-refractivity contribution in [3.63, 3.8) is 0 Å². The molecule has 0 aliphatic carbocycles. The molecule has 1 aromatic carbocycles. The summed E-state index contributed by atoms with van der Waals surface area (Å²) in [6, 6.07) is 7.93. The molecular weight excluding hydrogens is 278 g/mol. The van der Waals surface area contributed by atoms with E-state index in [-0.39, 0.29) is 11.8 Å². The zero-order valence-corrected chi connectivity index (χ0v) is 13.6. The first-order chi connectivity index (χ1) is 10.7. The summed E-state index contributed by atoms with van der Waals surface area (Å²) in [4.78, 5) is 14.4. The topological polar surface area (TPSA) is 53.6 Å². The number of ether oxygens (including phenoxy) is 1. The first-order valence-corrected chi connectivity index (χ1v) is 8.03. The molecule has 122 valence electrons. The average Bonchev–Trinajstić information content (AvgIpc) is 2.56. The summed E-state index contributed by atoms with van der Waals surface area (Å²) in [6.45, 7) is 7.95. The fraction of sp³-hybridized carbons (Fsp3) is 0.588. The Morgan fingerprint density at radius 2 is 2.18 bits per heavy atom. The maximum atomic E-state index is 12.0. The van der Waals surface area contributed by atoms with Crippen LogP contribution in [0.25, 0.3) is 0 Å². The van der Waals surface area contributed by atoms with Crippen LogP contribution in [-0.2, 0) is 4.79 Å². The number of benzene rings is 1. The van der Waals surface area contributed by atoms with Gasteiger partial charge in [-0.25, -0.2) is 0 Å². The number of nitrogens with one attached hydrogen (secondary N) is 2. The third-order valence-electron chi connectivity index (χ3n) is 4.11. The molecule has 1 aromatic rings. The van der Waals surface area contributed by atoms with Crippen LogP contribution in [-0.4, -0.2) is 57.2 Å². The van der Waals surface area contributed by atoms with E-state index in [0.29, 0.717) is 6.42 Å². The highest BCUT2D eigenvalue weighted by Gasteiger charge is 2.13. The van der Waals surface area contributed by atoms with Gasteiger partial charge in [0, 0.05) is 45.7 Å². The minimum atomic E-state index is 0.116. The molecule has 1 saturated heterocycles. The van der Waals surface area contributed by atoms with Crippen LogP contribution in [0.3, 0.4) is 0 Å². The highest BCUT2D eigenvalue weighted by Crippen LogP contribution is 2.22. The molecule has 1 aliphatic rings. The normalized spacial score (nSPS) is 17.0. The van der Waals surface area contributed by atoms with Crippen LogP contribution >= 0.6 is 0 Å². The van der Waals surface area contributed by atoms with Crippen molar-refractivity contribution < 1.29 is 9.53 Å². The quantitative estimate of drug-likeness (QED) is 0.795. The van der Waals surface area contributed by atoms with Crippen molar-refractivity contribution in [2.75, 3.05) is 46.4 Å². The van der Waals surface area contributed by atoms with E-state index in [0.717, 1.165) is 50.6 Å². The molecule has 5 nitrogen and oxygen atoms in total. The Morgan fingerprint density at radius 3 is 2.91 bits per heavy atom. The number of hydrogen-bond acceptors (Lipinski definition) is 4. The molecule has 1 fully saturated rings. The largest absolute Gasteiger partial charge is 0.497 e. The van der Waals surface area contributed by atoms with E-state index < -0.39 is 0 Å². The molecule has 2 N–H and O–H groups in total. The van der Waals surface area contributed by atoms with Crippen molar-refractivity contribution in [2.24, 2.45) is 0 Å². The summed E-state index contributed by atoms with van der Waals surface area (Å²) in [5, 5.41) is 6.36. The number of methoxy groups -OCH3 is 1. The van der Waals surface area contributed by atoms with Crippen LogP contribution in [0.1, 0.15) is 24.8 Å². The van der Waals surface area contributed by atoms with Gasteiger partial charge >= 0.3 is 0 Å². The lowest BCUT2D eigenvalue weighted by atomic mass is 9.97. The number of carbonyl (C=O) groups is 1.